The molecule has 0 aliphatic carbocycles. The molecule has 114 valence electrons. The number of hydrogen-bond donors (Lipinski definition) is 0. The smallest absolute Gasteiger partial charge is 0.157 e. The second-order valence-corrected chi connectivity index (χ2v) is 5.65. The van der Waals surface area contributed by atoms with Gasteiger partial charge in [-0.3, -0.25) is 0 Å². The van der Waals surface area contributed by atoms with Crippen LogP contribution in [0.2, 0.25) is 0 Å². The fourth-order valence-corrected chi connectivity index (χ4v) is 2.84. The third kappa shape index (κ3) is 3.09. The van der Waals surface area contributed by atoms with Gasteiger partial charge in [-0.25, -0.2) is 9.97 Å². The lowest BCUT2D eigenvalue weighted by molar-refractivity contribution is -0.166. The summed E-state index contributed by atoms with van der Waals surface area (Å²) in [5, 5.41) is 1.14. The topological polar surface area (TPSA) is 49.2 Å². The van der Waals surface area contributed by atoms with Crippen molar-refractivity contribution in [2.45, 2.75) is 51.9 Å². The number of rotatable bonds is 5. The summed E-state index contributed by atoms with van der Waals surface area (Å²) < 4.78 is 13.7. The van der Waals surface area contributed by atoms with Gasteiger partial charge in [0.1, 0.15) is 12.0 Å². The predicted octanol–water partition coefficient (Wildman–Crippen LogP) is 3.10. The first kappa shape index (κ1) is 14.5. The molecule has 5 nitrogen and oxygen atoms in total. The van der Waals surface area contributed by atoms with Crippen molar-refractivity contribution in [3.8, 4) is 0 Å². The van der Waals surface area contributed by atoms with E-state index < -0.39 is 0 Å². The quantitative estimate of drug-likeness (QED) is 0.848. The van der Waals surface area contributed by atoms with Crippen LogP contribution in [0.5, 0.6) is 0 Å². The minimum absolute atomic E-state index is 0.0386. The van der Waals surface area contributed by atoms with Crippen LogP contribution in [0.25, 0.3) is 11.0 Å². The number of aromatic nitrogens is 3. The van der Waals surface area contributed by atoms with Gasteiger partial charge in [0.05, 0.1) is 12.6 Å². The molecule has 1 fully saturated rings. The third-order valence-electron chi connectivity index (χ3n) is 4.09. The molecule has 5 heteroatoms. The largest absolute Gasteiger partial charge is 0.353 e. The van der Waals surface area contributed by atoms with Crippen molar-refractivity contribution in [1.29, 1.82) is 0 Å². The van der Waals surface area contributed by atoms with Gasteiger partial charge < -0.3 is 14.0 Å². The molecular weight excluding hydrogens is 266 g/mol. The highest BCUT2D eigenvalue weighted by atomic mass is 16.7. The van der Waals surface area contributed by atoms with E-state index in [4.69, 9.17) is 9.47 Å². The van der Waals surface area contributed by atoms with E-state index in [2.05, 4.69) is 34.6 Å². The van der Waals surface area contributed by atoms with Gasteiger partial charge in [0.2, 0.25) is 0 Å². The maximum atomic E-state index is 5.90. The summed E-state index contributed by atoms with van der Waals surface area (Å²) in [5.41, 5.74) is 2.27. The maximum Gasteiger partial charge on any atom is 0.157 e. The fourth-order valence-electron chi connectivity index (χ4n) is 2.84. The zero-order valence-corrected chi connectivity index (χ0v) is 12.8. The van der Waals surface area contributed by atoms with E-state index in [1.54, 1.807) is 6.33 Å². The molecule has 1 saturated heterocycles. The van der Waals surface area contributed by atoms with E-state index in [-0.39, 0.29) is 12.3 Å². The summed E-state index contributed by atoms with van der Waals surface area (Å²) in [4.78, 5) is 8.57. The Bertz CT molecular complexity index is 590. The summed E-state index contributed by atoms with van der Waals surface area (Å²) in [6.45, 7) is 5.77. The van der Waals surface area contributed by atoms with Crippen molar-refractivity contribution in [3.63, 3.8) is 0 Å². The molecule has 0 amide bonds. The number of nitrogens with zero attached hydrogens (tertiary/aromatic N) is 3. The zero-order valence-electron chi connectivity index (χ0n) is 12.8. The molecular formula is C16H23N3O2. The Morgan fingerprint density at radius 2 is 2.38 bits per heavy atom. The van der Waals surface area contributed by atoms with Crippen molar-refractivity contribution in [2.75, 3.05) is 13.2 Å². The Hall–Kier alpha value is -1.46. The third-order valence-corrected chi connectivity index (χ3v) is 4.09. The Morgan fingerprint density at radius 1 is 1.48 bits per heavy atom. The first-order chi connectivity index (χ1) is 10.3. The summed E-state index contributed by atoms with van der Waals surface area (Å²) in [6.07, 6.45) is 9.97. The van der Waals surface area contributed by atoms with Gasteiger partial charge in [-0.15, -0.1) is 0 Å². The first-order valence-electron chi connectivity index (χ1n) is 7.82. The van der Waals surface area contributed by atoms with Gasteiger partial charge in [0.25, 0.3) is 0 Å². The van der Waals surface area contributed by atoms with Crippen LogP contribution in [-0.2, 0) is 15.9 Å². The van der Waals surface area contributed by atoms with Crippen LogP contribution in [0, 0.1) is 0 Å². The van der Waals surface area contributed by atoms with E-state index in [0.717, 1.165) is 36.9 Å². The van der Waals surface area contributed by atoms with E-state index in [1.807, 2.05) is 6.20 Å². The Kier molecular flexibility index (Phi) is 4.51. The molecule has 0 radical (unpaired) electrons. The van der Waals surface area contributed by atoms with Crippen molar-refractivity contribution in [2.24, 2.45) is 0 Å². The highest BCUT2D eigenvalue weighted by Gasteiger charge is 2.18. The molecule has 2 aromatic rings. The van der Waals surface area contributed by atoms with Crippen LogP contribution in [0.4, 0.5) is 0 Å². The fraction of sp³-hybridized carbons (Fsp3) is 0.625. The Morgan fingerprint density at radius 3 is 3.14 bits per heavy atom. The van der Waals surface area contributed by atoms with Crippen LogP contribution >= 0.6 is 0 Å². The Labute approximate surface area is 125 Å². The molecule has 21 heavy (non-hydrogen) atoms. The molecule has 0 aromatic carbocycles. The van der Waals surface area contributed by atoms with Crippen molar-refractivity contribution < 1.29 is 9.47 Å². The van der Waals surface area contributed by atoms with E-state index in [1.165, 1.54) is 12.0 Å². The van der Waals surface area contributed by atoms with Gasteiger partial charge in [0, 0.05) is 24.4 Å². The average molecular weight is 289 g/mol. The number of ether oxygens (including phenoxy) is 2. The normalized spacial score (nSPS) is 20.8. The van der Waals surface area contributed by atoms with Gasteiger partial charge in [0.15, 0.2) is 6.29 Å². The number of fused-ring (bicyclic) bond motifs is 1. The second-order valence-electron chi connectivity index (χ2n) is 5.65. The van der Waals surface area contributed by atoms with Crippen LogP contribution in [0.15, 0.2) is 18.7 Å². The molecule has 3 heterocycles. The summed E-state index contributed by atoms with van der Waals surface area (Å²) >= 11 is 0. The SMILES string of the molecule is CCc1cn(C(C)COC2CCCCO2)c2ncncc12. The van der Waals surface area contributed by atoms with Gasteiger partial charge >= 0.3 is 0 Å². The van der Waals surface area contributed by atoms with Crippen molar-refractivity contribution >= 4 is 11.0 Å². The number of hydrogen-bond acceptors (Lipinski definition) is 4. The zero-order chi connectivity index (χ0) is 14.7. The molecule has 0 saturated carbocycles. The molecule has 1 aliphatic rings. The average Bonchev–Trinajstić information content (AvgIpc) is 2.92. The predicted molar refractivity (Wildman–Crippen MR) is 81.2 cm³/mol. The standard InChI is InChI=1S/C16H23N3O2/c1-3-13-9-19(16-14(13)8-17-11-18-16)12(2)10-21-15-6-4-5-7-20-15/h8-9,11-12,15H,3-7,10H2,1-2H3. The molecule has 2 aromatic heterocycles. The second kappa shape index (κ2) is 6.54. The van der Waals surface area contributed by atoms with Crippen molar-refractivity contribution in [1.82, 2.24) is 14.5 Å². The van der Waals surface area contributed by atoms with Crippen molar-refractivity contribution in [3.05, 3.63) is 24.3 Å². The molecule has 0 N–H and O–H groups in total. The number of aryl methyl sites for hydroxylation is 1. The lowest BCUT2D eigenvalue weighted by Crippen LogP contribution is -2.25. The van der Waals surface area contributed by atoms with E-state index in [0.29, 0.717) is 6.61 Å². The highest BCUT2D eigenvalue weighted by molar-refractivity contribution is 5.79. The van der Waals surface area contributed by atoms with Crippen LogP contribution in [0.3, 0.4) is 0 Å². The summed E-state index contributed by atoms with van der Waals surface area (Å²) in [7, 11) is 0. The Balaban J connectivity index is 1.73. The molecule has 0 bridgehead atoms. The van der Waals surface area contributed by atoms with Crippen LogP contribution in [-0.4, -0.2) is 34.0 Å². The molecule has 2 atom stereocenters. The van der Waals surface area contributed by atoms with Gasteiger partial charge in [-0.05, 0) is 38.2 Å². The van der Waals surface area contributed by atoms with E-state index in [9.17, 15) is 0 Å². The monoisotopic (exact) mass is 289 g/mol. The van der Waals surface area contributed by atoms with Gasteiger partial charge in [-0.1, -0.05) is 6.92 Å². The molecule has 0 spiro atoms. The van der Waals surface area contributed by atoms with Gasteiger partial charge in [-0.2, -0.15) is 0 Å². The van der Waals surface area contributed by atoms with Crippen LogP contribution < -0.4 is 0 Å². The summed E-state index contributed by atoms with van der Waals surface area (Å²) in [5.74, 6) is 0. The molecule has 2 unspecified atom stereocenters. The first-order valence-corrected chi connectivity index (χ1v) is 7.82. The minimum Gasteiger partial charge on any atom is -0.353 e. The highest BCUT2D eigenvalue weighted by Crippen LogP contribution is 2.23. The summed E-state index contributed by atoms with van der Waals surface area (Å²) in [6, 6.07) is 0.230. The van der Waals surface area contributed by atoms with Crippen LogP contribution in [0.1, 0.15) is 44.7 Å². The lowest BCUT2D eigenvalue weighted by Gasteiger charge is -2.24. The van der Waals surface area contributed by atoms with E-state index >= 15 is 0 Å². The minimum atomic E-state index is -0.0386. The molecule has 1 aliphatic heterocycles. The maximum absolute atomic E-state index is 5.90. The molecule has 3 rings (SSSR count). The lowest BCUT2D eigenvalue weighted by atomic mass is 10.2.